The minimum Gasteiger partial charge on any atom is -0.480 e. The minimum absolute atomic E-state index is 0.129. The number of carbonyl (C=O) groups is 3. The second-order valence-corrected chi connectivity index (χ2v) is 5.48. The lowest BCUT2D eigenvalue weighted by atomic mass is 9.71. The zero-order valence-electron chi connectivity index (χ0n) is 11.5. The van der Waals surface area contributed by atoms with Gasteiger partial charge in [0.05, 0.1) is 0 Å². The lowest BCUT2D eigenvalue weighted by molar-refractivity contribution is -0.150. The van der Waals surface area contributed by atoms with Gasteiger partial charge < -0.3 is 20.8 Å². The Bertz CT molecular complexity index is 361. The smallest absolute Gasteiger partial charge is 0.323 e. The Morgan fingerprint density at radius 3 is 1.90 bits per heavy atom. The molecular formula is C13H22N2O5. The zero-order valence-corrected chi connectivity index (χ0v) is 11.5. The third kappa shape index (κ3) is 4.80. The van der Waals surface area contributed by atoms with E-state index in [-0.39, 0.29) is 11.8 Å². The molecule has 0 bridgehead atoms. The molecule has 20 heavy (non-hydrogen) atoms. The number of carboxylic acids is 2. The molecule has 0 unspecified atom stereocenters. The van der Waals surface area contributed by atoms with Crippen LogP contribution >= 0.6 is 0 Å². The monoisotopic (exact) mass is 286 g/mol. The average Bonchev–Trinajstić information content (AvgIpc) is 2.38. The summed E-state index contributed by atoms with van der Waals surface area (Å²) in [4.78, 5) is 34.5. The van der Waals surface area contributed by atoms with Crippen LogP contribution in [-0.2, 0) is 14.4 Å². The van der Waals surface area contributed by atoms with Crippen molar-refractivity contribution in [2.75, 3.05) is 19.6 Å². The van der Waals surface area contributed by atoms with E-state index < -0.39 is 30.9 Å². The number of nitrogens with zero attached hydrogens (tertiary/aromatic N) is 1. The largest absolute Gasteiger partial charge is 0.480 e. The number of nitrogens with two attached hydrogens (primary N) is 1. The van der Waals surface area contributed by atoms with Gasteiger partial charge in [0.1, 0.15) is 13.1 Å². The Morgan fingerprint density at radius 2 is 1.50 bits per heavy atom. The van der Waals surface area contributed by atoms with Crippen LogP contribution in [0.15, 0.2) is 0 Å². The maximum atomic E-state index is 12.2. The number of amides is 1. The molecule has 4 N–H and O–H groups in total. The molecule has 114 valence electrons. The first-order valence-electron chi connectivity index (χ1n) is 6.80. The average molecular weight is 286 g/mol. The number of hydrogen-bond donors (Lipinski definition) is 3. The maximum absolute atomic E-state index is 12.2. The number of carbonyl (C=O) groups excluding carboxylic acids is 1. The van der Waals surface area contributed by atoms with Crippen LogP contribution in [-0.4, -0.2) is 52.6 Å². The van der Waals surface area contributed by atoms with Crippen molar-refractivity contribution in [3.8, 4) is 0 Å². The molecule has 7 heteroatoms. The van der Waals surface area contributed by atoms with Crippen LogP contribution in [0.1, 0.15) is 38.5 Å². The van der Waals surface area contributed by atoms with E-state index >= 15 is 0 Å². The molecule has 0 saturated heterocycles. The Morgan fingerprint density at radius 1 is 1.00 bits per heavy atom. The highest BCUT2D eigenvalue weighted by Gasteiger charge is 2.35. The lowest BCUT2D eigenvalue weighted by Gasteiger charge is -2.36. The first kappa shape index (κ1) is 16.4. The van der Waals surface area contributed by atoms with Crippen molar-refractivity contribution in [2.45, 2.75) is 38.5 Å². The van der Waals surface area contributed by atoms with Crippen molar-refractivity contribution in [3.05, 3.63) is 0 Å². The molecule has 7 nitrogen and oxygen atoms in total. The molecule has 0 heterocycles. The predicted molar refractivity (Wildman–Crippen MR) is 71.0 cm³/mol. The summed E-state index contributed by atoms with van der Waals surface area (Å²) in [5.41, 5.74) is 5.48. The van der Waals surface area contributed by atoms with Crippen LogP contribution < -0.4 is 5.73 Å². The van der Waals surface area contributed by atoms with Crippen LogP contribution in [0.4, 0.5) is 0 Å². The highest BCUT2D eigenvalue weighted by Crippen LogP contribution is 2.38. The van der Waals surface area contributed by atoms with Gasteiger partial charge in [-0.1, -0.05) is 19.3 Å². The molecule has 0 radical (unpaired) electrons. The van der Waals surface area contributed by atoms with E-state index in [1.807, 2.05) is 0 Å². The Kier molecular flexibility index (Phi) is 5.94. The van der Waals surface area contributed by atoms with Gasteiger partial charge in [0.25, 0.3) is 0 Å². The van der Waals surface area contributed by atoms with Crippen molar-refractivity contribution in [2.24, 2.45) is 11.1 Å². The lowest BCUT2D eigenvalue weighted by Crippen LogP contribution is -2.44. The predicted octanol–water partition coefficient (Wildman–Crippen LogP) is 0.283. The van der Waals surface area contributed by atoms with Gasteiger partial charge in [0.15, 0.2) is 0 Å². The van der Waals surface area contributed by atoms with Crippen molar-refractivity contribution in [1.82, 2.24) is 4.90 Å². The fraction of sp³-hybridized carbons (Fsp3) is 0.769. The third-order valence-electron chi connectivity index (χ3n) is 3.88. The van der Waals surface area contributed by atoms with Gasteiger partial charge in [-0.25, -0.2) is 0 Å². The molecule has 0 atom stereocenters. The van der Waals surface area contributed by atoms with Crippen molar-refractivity contribution >= 4 is 17.8 Å². The number of hydrogen-bond acceptors (Lipinski definition) is 4. The summed E-state index contributed by atoms with van der Waals surface area (Å²) in [7, 11) is 0. The molecule has 0 spiro atoms. The van der Waals surface area contributed by atoms with Crippen molar-refractivity contribution in [3.63, 3.8) is 0 Å². The molecule has 0 aromatic carbocycles. The van der Waals surface area contributed by atoms with E-state index in [2.05, 4.69) is 0 Å². The SMILES string of the molecule is NCC1(CC(=O)N(CC(=O)O)CC(=O)O)CCCCC1. The van der Waals surface area contributed by atoms with Gasteiger partial charge in [-0.15, -0.1) is 0 Å². The van der Waals surface area contributed by atoms with Gasteiger partial charge in [-0.2, -0.15) is 0 Å². The molecule has 1 amide bonds. The van der Waals surface area contributed by atoms with Gasteiger partial charge >= 0.3 is 11.9 Å². The minimum atomic E-state index is -1.22. The summed E-state index contributed by atoms with van der Waals surface area (Å²) in [6.45, 7) is -0.815. The summed E-state index contributed by atoms with van der Waals surface area (Å²) in [5, 5.41) is 17.5. The summed E-state index contributed by atoms with van der Waals surface area (Å²) in [5.74, 6) is -2.88. The second-order valence-electron chi connectivity index (χ2n) is 5.48. The van der Waals surface area contributed by atoms with Gasteiger partial charge in [-0.05, 0) is 24.8 Å². The summed E-state index contributed by atoms with van der Waals surface area (Å²) in [6.07, 6.45) is 4.92. The first-order chi connectivity index (χ1) is 9.38. The standard InChI is InChI=1S/C13H22N2O5/c14-9-13(4-2-1-3-5-13)6-10(16)15(7-11(17)18)8-12(19)20/h1-9,14H2,(H,17,18)(H,19,20). The number of rotatable bonds is 7. The van der Waals surface area contributed by atoms with Gasteiger partial charge in [0.2, 0.25) is 5.91 Å². The van der Waals surface area contributed by atoms with E-state index in [0.29, 0.717) is 6.54 Å². The molecule has 1 saturated carbocycles. The molecule has 1 rings (SSSR count). The highest BCUT2D eigenvalue weighted by atomic mass is 16.4. The van der Waals surface area contributed by atoms with Crippen molar-refractivity contribution < 1.29 is 24.6 Å². The number of aliphatic carboxylic acids is 2. The van der Waals surface area contributed by atoms with Gasteiger partial charge in [0, 0.05) is 6.42 Å². The van der Waals surface area contributed by atoms with E-state index in [0.717, 1.165) is 37.0 Å². The molecule has 0 aliphatic heterocycles. The fourth-order valence-corrected chi connectivity index (χ4v) is 2.75. The quantitative estimate of drug-likeness (QED) is 0.618. The fourth-order valence-electron chi connectivity index (χ4n) is 2.75. The Hall–Kier alpha value is -1.63. The van der Waals surface area contributed by atoms with Crippen LogP contribution in [0, 0.1) is 5.41 Å². The summed E-state index contributed by atoms with van der Waals surface area (Å²) < 4.78 is 0. The maximum Gasteiger partial charge on any atom is 0.323 e. The number of carboxylic acid groups (broad SMARTS) is 2. The zero-order chi connectivity index (χ0) is 15.2. The van der Waals surface area contributed by atoms with Crippen LogP contribution in [0.25, 0.3) is 0 Å². The summed E-state index contributed by atoms with van der Waals surface area (Å²) >= 11 is 0. The molecular weight excluding hydrogens is 264 g/mol. The first-order valence-corrected chi connectivity index (χ1v) is 6.80. The topological polar surface area (TPSA) is 121 Å². The second kappa shape index (κ2) is 7.23. The van der Waals surface area contributed by atoms with Crippen LogP contribution in [0.5, 0.6) is 0 Å². The Balaban J connectivity index is 2.72. The van der Waals surface area contributed by atoms with E-state index in [1.54, 1.807) is 0 Å². The molecule has 1 aliphatic rings. The molecule has 0 aromatic rings. The normalized spacial score (nSPS) is 17.4. The van der Waals surface area contributed by atoms with Crippen LogP contribution in [0.2, 0.25) is 0 Å². The van der Waals surface area contributed by atoms with E-state index in [4.69, 9.17) is 15.9 Å². The molecule has 0 aromatic heterocycles. The Labute approximate surface area is 117 Å². The van der Waals surface area contributed by atoms with Crippen molar-refractivity contribution in [1.29, 1.82) is 0 Å². The van der Waals surface area contributed by atoms with Crippen LogP contribution in [0.3, 0.4) is 0 Å². The molecule has 1 fully saturated rings. The van der Waals surface area contributed by atoms with Gasteiger partial charge in [-0.3, -0.25) is 14.4 Å². The van der Waals surface area contributed by atoms with E-state index in [1.165, 1.54) is 0 Å². The highest BCUT2D eigenvalue weighted by molar-refractivity contribution is 5.85. The summed E-state index contributed by atoms with van der Waals surface area (Å²) in [6, 6.07) is 0. The molecule has 1 aliphatic carbocycles. The third-order valence-corrected chi connectivity index (χ3v) is 3.88. The van der Waals surface area contributed by atoms with E-state index in [9.17, 15) is 14.4 Å².